The number of morpholine rings is 1. The van der Waals surface area contributed by atoms with E-state index in [1.165, 1.54) is 16.6 Å². The first-order valence-corrected chi connectivity index (χ1v) is 10.4. The van der Waals surface area contributed by atoms with Gasteiger partial charge in [-0.3, -0.25) is 4.79 Å². The number of aromatic nitrogens is 1. The number of aromatic amines is 1. The molecule has 1 saturated heterocycles. The first-order chi connectivity index (χ1) is 14.1. The zero-order valence-corrected chi connectivity index (χ0v) is 17.2. The third kappa shape index (κ3) is 4.80. The smallest absolute Gasteiger partial charge is 0.224 e. The van der Waals surface area contributed by atoms with Crippen molar-refractivity contribution in [2.24, 2.45) is 0 Å². The lowest BCUT2D eigenvalue weighted by Gasteiger charge is -2.36. The Morgan fingerprint density at radius 2 is 1.83 bits per heavy atom. The van der Waals surface area contributed by atoms with Gasteiger partial charge in [-0.05, 0) is 62.6 Å². The molecule has 2 heterocycles. The number of aryl methyl sites for hydroxylation is 1. The molecule has 5 heteroatoms. The SMILES string of the molecule is CC1CN(c2ccc(NC(=O)CCCc3c[nH]c4ccccc34)cc2)CC(C)O1. The number of nitrogens with one attached hydrogen (secondary N) is 2. The molecular formula is C24H29N3O2. The summed E-state index contributed by atoms with van der Waals surface area (Å²) in [5.74, 6) is 0.0613. The summed E-state index contributed by atoms with van der Waals surface area (Å²) in [7, 11) is 0. The number of para-hydroxylation sites is 1. The standard InChI is InChI=1S/C24H29N3O2/c1-17-15-27(16-18(2)29-17)21-12-10-20(11-13-21)26-24(28)9-5-6-19-14-25-23-8-4-3-7-22(19)23/h3-4,7-8,10-14,17-18,25H,5-6,9,15-16H2,1-2H3,(H,26,28). The molecule has 0 saturated carbocycles. The maximum absolute atomic E-state index is 12.3. The average Bonchev–Trinajstić information content (AvgIpc) is 3.11. The normalized spacial score (nSPS) is 19.4. The molecule has 4 rings (SSSR count). The van der Waals surface area contributed by atoms with Crippen LogP contribution in [0.2, 0.25) is 0 Å². The van der Waals surface area contributed by atoms with E-state index in [4.69, 9.17) is 4.74 Å². The minimum Gasteiger partial charge on any atom is -0.372 e. The summed E-state index contributed by atoms with van der Waals surface area (Å²) in [6.45, 7) is 5.99. The number of carbonyl (C=O) groups excluding carboxylic acids is 1. The van der Waals surface area contributed by atoms with Crippen LogP contribution in [0.1, 0.15) is 32.3 Å². The predicted octanol–water partition coefficient (Wildman–Crippen LogP) is 4.74. The Kier molecular flexibility index (Phi) is 5.86. The number of rotatable bonds is 6. The molecule has 1 aromatic heterocycles. The van der Waals surface area contributed by atoms with Crippen molar-refractivity contribution in [3.63, 3.8) is 0 Å². The highest BCUT2D eigenvalue weighted by molar-refractivity contribution is 5.91. The zero-order valence-electron chi connectivity index (χ0n) is 17.2. The van der Waals surface area contributed by atoms with Crippen LogP contribution in [-0.4, -0.2) is 36.2 Å². The lowest BCUT2D eigenvalue weighted by molar-refractivity contribution is -0.116. The molecule has 2 unspecified atom stereocenters. The van der Waals surface area contributed by atoms with Gasteiger partial charge in [-0.25, -0.2) is 0 Å². The van der Waals surface area contributed by atoms with Crippen molar-refractivity contribution < 1.29 is 9.53 Å². The summed E-state index contributed by atoms with van der Waals surface area (Å²) < 4.78 is 5.80. The summed E-state index contributed by atoms with van der Waals surface area (Å²) in [6, 6.07) is 16.4. The Morgan fingerprint density at radius 1 is 1.10 bits per heavy atom. The lowest BCUT2D eigenvalue weighted by Crippen LogP contribution is -2.45. The second-order valence-electron chi connectivity index (χ2n) is 7.97. The van der Waals surface area contributed by atoms with Gasteiger partial charge in [0.15, 0.2) is 0 Å². The molecule has 5 nitrogen and oxygen atoms in total. The van der Waals surface area contributed by atoms with Crippen LogP contribution in [0, 0.1) is 0 Å². The summed E-state index contributed by atoms with van der Waals surface area (Å²) in [5, 5.41) is 4.26. The average molecular weight is 392 g/mol. The Labute approximate surface area is 172 Å². The highest BCUT2D eigenvalue weighted by atomic mass is 16.5. The molecule has 0 spiro atoms. The minimum absolute atomic E-state index is 0.0613. The fraction of sp³-hybridized carbons (Fsp3) is 0.375. The number of nitrogens with zero attached hydrogens (tertiary/aromatic N) is 1. The molecule has 3 aromatic rings. The van der Waals surface area contributed by atoms with Crippen LogP contribution in [0.3, 0.4) is 0 Å². The van der Waals surface area contributed by atoms with Crippen LogP contribution in [0.5, 0.6) is 0 Å². The number of amides is 1. The van der Waals surface area contributed by atoms with Crippen LogP contribution in [-0.2, 0) is 16.0 Å². The number of fused-ring (bicyclic) bond motifs is 1. The first-order valence-electron chi connectivity index (χ1n) is 10.4. The van der Waals surface area contributed by atoms with Crippen molar-refractivity contribution in [3.05, 3.63) is 60.3 Å². The van der Waals surface area contributed by atoms with Crippen LogP contribution in [0.25, 0.3) is 10.9 Å². The number of benzene rings is 2. The molecule has 2 N–H and O–H groups in total. The van der Waals surface area contributed by atoms with Gasteiger partial charge in [0, 0.05) is 48.0 Å². The van der Waals surface area contributed by atoms with Crippen molar-refractivity contribution in [1.82, 2.24) is 4.98 Å². The highest BCUT2D eigenvalue weighted by Crippen LogP contribution is 2.23. The van der Waals surface area contributed by atoms with Crippen molar-refractivity contribution in [1.29, 1.82) is 0 Å². The van der Waals surface area contributed by atoms with Gasteiger partial charge in [-0.2, -0.15) is 0 Å². The van der Waals surface area contributed by atoms with E-state index in [0.717, 1.165) is 37.1 Å². The predicted molar refractivity (Wildman–Crippen MR) is 119 cm³/mol. The van der Waals surface area contributed by atoms with E-state index in [2.05, 4.69) is 59.5 Å². The Bertz CT molecular complexity index is 954. The van der Waals surface area contributed by atoms with Crippen LogP contribution < -0.4 is 10.2 Å². The van der Waals surface area contributed by atoms with E-state index in [1.807, 2.05) is 24.3 Å². The molecule has 29 heavy (non-hydrogen) atoms. The van der Waals surface area contributed by atoms with Gasteiger partial charge < -0.3 is 19.9 Å². The van der Waals surface area contributed by atoms with E-state index in [0.29, 0.717) is 6.42 Å². The maximum atomic E-state index is 12.3. The minimum atomic E-state index is 0.0613. The van der Waals surface area contributed by atoms with E-state index >= 15 is 0 Å². The number of carbonyl (C=O) groups is 1. The number of ether oxygens (including phenoxy) is 1. The molecule has 1 fully saturated rings. The summed E-state index contributed by atoms with van der Waals surface area (Å²) in [6.07, 6.45) is 4.75. The quantitative estimate of drug-likeness (QED) is 0.638. The van der Waals surface area contributed by atoms with Crippen LogP contribution >= 0.6 is 0 Å². The maximum Gasteiger partial charge on any atom is 0.224 e. The molecule has 2 aromatic carbocycles. The molecule has 1 aliphatic rings. The highest BCUT2D eigenvalue weighted by Gasteiger charge is 2.22. The fourth-order valence-electron chi connectivity index (χ4n) is 4.15. The van der Waals surface area contributed by atoms with Crippen molar-refractivity contribution >= 4 is 28.2 Å². The van der Waals surface area contributed by atoms with Crippen LogP contribution in [0.4, 0.5) is 11.4 Å². The van der Waals surface area contributed by atoms with Gasteiger partial charge in [-0.1, -0.05) is 18.2 Å². The van der Waals surface area contributed by atoms with E-state index in [9.17, 15) is 4.79 Å². The van der Waals surface area contributed by atoms with E-state index < -0.39 is 0 Å². The molecule has 0 radical (unpaired) electrons. The summed E-state index contributed by atoms with van der Waals surface area (Å²) >= 11 is 0. The monoisotopic (exact) mass is 391 g/mol. The van der Waals surface area contributed by atoms with Crippen molar-refractivity contribution in [3.8, 4) is 0 Å². The second-order valence-corrected chi connectivity index (χ2v) is 7.97. The van der Waals surface area contributed by atoms with Gasteiger partial charge in [0.1, 0.15) is 0 Å². The number of hydrogen-bond acceptors (Lipinski definition) is 3. The number of H-pyrrole nitrogens is 1. The number of hydrogen-bond donors (Lipinski definition) is 2. The van der Waals surface area contributed by atoms with Crippen molar-refractivity contribution in [2.75, 3.05) is 23.3 Å². The lowest BCUT2D eigenvalue weighted by atomic mass is 10.1. The third-order valence-corrected chi connectivity index (χ3v) is 5.46. The van der Waals surface area contributed by atoms with E-state index in [-0.39, 0.29) is 18.1 Å². The van der Waals surface area contributed by atoms with Crippen LogP contribution in [0.15, 0.2) is 54.7 Å². The largest absolute Gasteiger partial charge is 0.372 e. The van der Waals surface area contributed by atoms with Gasteiger partial charge in [-0.15, -0.1) is 0 Å². The van der Waals surface area contributed by atoms with E-state index in [1.54, 1.807) is 0 Å². The number of anilines is 2. The third-order valence-electron chi connectivity index (χ3n) is 5.46. The van der Waals surface area contributed by atoms with Gasteiger partial charge >= 0.3 is 0 Å². The zero-order chi connectivity index (χ0) is 20.2. The Hall–Kier alpha value is -2.79. The first kappa shape index (κ1) is 19.5. The summed E-state index contributed by atoms with van der Waals surface area (Å²) in [5.41, 5.74) is 4.44. The van der Waals surface area contributed by atoms with Gasteiger partial charge in [0.2, 0.25) is 5.91 Å². The van der Waals surface area contributed by atoms with Gasteiger partial charge in [0.05, 0.1) is 12.2 Å². The molecule has 0 aliphatic carbocycles. The fourth-order valence-corrected chi connectivity index (χ4v) is 4.15. The Balaban J connectivity index is 1.27. The molecular weight excluding hydrogens is 362 g/mol. The summed E-state index contributed by atoms with van der Waals surface area (Å²) in [4.78, 5) is 18.0. The molecule has 152 valence electrons. The topological polar surface area (TPSA) is 57.4 Å². The molecule has 1 amide bonds. The van der Waals surface area contributed by atoms with Gasteiger partial charge in [0.25, 0.3) is 0 Å². The van der Waals surface area contributed by atoms with Crippen molar-refractivity contribution in [2.45, 2.75) is 45.3 Å². The second kappa shape index (κ2) is 8.70. The molecule has 2 atom stereocenters. The Morgan fingerprint density at radius 3 is 2.59 bits per heavy atom. The molecule has 0 bridgehead atoms. The molecule has 1 aliphatic heterocycles.